The number of ketones is 1. The van der Waals surface area contributed by atoms with Crippen molar-refractivity contribution in [1.82, 2.24) is 4.90 Å². The molecule has 0 spiro atoms. The third-order valence-electron chi connectivity index (χ3n) is 2.81. The van der Waals surface area contributed by atoms with Gasteiger partial charge in [-0.15, -0.1) is 0 Å². The van der Waals surface area contributed by atoms with Crippen LogP contribution < -0.4 is 0 Å². The molecule has 0 N–H and O–H groups in total. The van der Waals surface area contributed by atoms with Crippen LogP contribution in [-0.2, 0) is 14.3 Å². The van der Waals surface area contributed by atoms with E-state index in [2.05, 4.69) is 4.90 Å². The SMILES string of the molecule is CC1CN(CCC(=O)OC(C)(C)C)CCC1=O. The summed E-state index contributed by atoms with van der Waals surface area (Å²) < 4.78 is 5.24. The van der Waals surface area contributed by atoms with Crippen LogP contribution in [0.5, 0.6) is 0 Å². The Hall–Kier alpha value is -0.900. The van der Waals surface area contributed by atoms with Gasteiger partial charge in [0.15, 0.2) is 0 Å². The third-order valence-corrected chi connectivity index (χ3v) is 2.81. The van der Waals surface area contributed by atoms with Crippen LogP contribution in [-0.4, -0.2) is 41.9 Å². The highest BCUT2D eigenvalue weighted by Gasteiger charge is 2.24. The van der Waals surface area contributed by atoms with E-state index in [9.17, 15) is 9.59 Å². The summed E-state index contributed by atoms with van der Waals surface area (Å²) >= 11 is 0. The molecule has 17 heavy (non-hydrogen) atoms. The molecule has 1 aliphatic rings. The Labute approximate surface area is 103 Å². The lowest BCUT2D eigenvalue weighted by Crippen LogP contribution is -2.40. The van der Waals surface area contributed by atoms with Crippen molar-refractivity contribution in [3.05, 3.63) is 0 Å². The lowest BCUT2D eigenvalue weighted by atomic mass is 9.98. The van der Waals surface area contributed by atoms with Gasteiger partial charge in [-0.1, -0.05) is 6.92 Å². The Morgan fingerprint density at radius 3 is 2.65 bits per heavy atom. The topological polar surface area (TPSA) is 46.6 Å². The molecule has 1 saturated heterocycles. The number of carbonyl (C=O) groups is 2. The number of rotatable bonds is 3. The second kappa shape index (κ2) is 5.63. The van der Waals surface area contributed by atoms with E-state index >= 15 is 0 Å². The smallest absolute Gasteiger partial charge is 0.307 e. The minimum atomic E-state index is -0.414. The second-order valence-electron chi connectivity index (χ2n) is 5.75. The predicted octanol–water partition coefficient (Wildman–Crippen LogP) is 1.63. The highest BCUT2D eigenvalue weighted by Crippen LogP contribution is 2.13. The molecule has 0 aromatic heterocycles. The number of likely N-dealkylation sites (tertiary alicyclic amines) is 1. The summed E-state index contributed by atoms with van der Waals surface area (Å²) in [5.41, 5.74) is -0.414. The van der Waals surface area contributed by atoms with Crippen LogP contribution >= 0.6 is 0 Å². The summed E-state index contributed by atoms with van der Waals surface area (Å²) in [7, 11) is 0. The monoisotopic (exact) mass is 241 g/mol. The highest BCUT2D eigenvalue weighted by molar-refractivity contribution is 5.81. The van der Waals surface area contributed by atoms with E-state index in [0.717, 1.165) is 13.1 Å². The predicted molar refractivity (Wildman–Crippen MR) is 65.7 cm³/mol. The van der Waals surface area contributed by atoms with Crippen LogP contribution in [0.2, 0.25) is 0 Å². The van der Waals surface area contributed by atoms with Gasteiger partial charge in [0.25, 0.3) is 0 Å². The van der Waals surface area contributed by atoms with Crippen LogP contribution in [0.1, 0.15) is 40.5 Å². The first kappa shape index (κ1) is 14.2. The largest absolute Gasteiger partial charge is 0.460 e. The zero-order valence-corrected chi connectivity index (χ0v) is 11.3. The van der Waals surface area contributed by atoms with Gasteiger partial charge in [0, 0.05) is 32.0 Å². The second-order valence-corrected chi connectivity index (χ2v) is 5.75. The number of hydrogen-bond acceptors (Lipinski definition) is 4. The molecular weight excluding hydrogens is 218 g/mol. The molecule has 4 heteroatoms. The molecule has 1 atom stereocenters. The van der Waals surface area contributed by atoms with E-state index in [4.69, 9.17) is 4.74 Å². The minimum Gasteiger partial charge on any atom is -0.460 e. The van der Waals surface area contributed by atoms with E-state index in [1.54, 1.807) is 0 Å². The molecule has 1 fully saturated rings. The molecule has 0 radical (unpaired) electrons. The lowest BCUT2D eigenvalue weighted by Gasteiger charge is -2.30. The van der Waals surface area contributed by atoms with Gasteiger partial charge in [-0.2, -0.15) is 0 Å². The maximum absolute atomic E-state index is 11.5. The van der Waals surface area contributed by atoms with Gasteiger partial charge in [-0.25, -0.2) is 0 Å². The van der Waals surface area contributed by atoms with Crippen molar-refractivity contribution in [2.75, 3.05) is 19.6 Å². The third kappa shape index (κ3) is 5.31. The number of nitrogens with zero attached hydrogens (tertiary/aromatic N) is 1. The summed E-state index contributed by atoms with van der Waals surface area (Å²) in [5.74, 6) is 0.267. The molecule has 0 aromatic rings. The maximum Gasteiger partial charge on any atom is 0.307 e. The fourth-order valence-corrected chi connectivity index (χ4v) is 1.94. The van der Waals surface area contributed by atoms with Crippen molar-refractivity contribution >= 4 is 11.8 Å². The number of hydrogen-bond donors (Lipinski definition) is 0. The van der Waals surface area contributed by atoms with Crippen LogP contribution in [0.25, 0.3) is 0 Å². The first-order valence-electron chi connectivity index (χ1n) is 6.25. The summed E-state index contributed by atoms with van der Waals surface area (Å²) in [5, 5.41) is 0. The van der Waals surface area contributed by atoms with Crippen LogP contribution in [0, 0.1) is 5.92 Å². The molecule has 1 unspecified atom stereocenters. The average Bonchev–Trinajstić information content (AvgIpc) is 2.17. The molecule has 1 aliphatic heterocycles. The van der Waals surface area contributed by atoms with Gasteiger partial charge >= 0.3 is 5.97 Å². The standard InChI is InChI=1S/C13H23NO3/c1-10-9-14(7-5-11(10)15)8-6-12(16)17-13(2,3)4/h10H,5-9H2,1-4H3. The molecule has 1 heterocycles. The molecule has 1 rings (SSSR count). The number of ether oxygens (including phenoxy) is 1. The Morgan fingerprint density at radius 1 is 1.47 bits per heavy atom. The molecule has 98 valence electrons. The maximum atomic E-state index is 11.5. The summed E-state index contributed by atoms with van der Waals surface area (Å²) in [6.07, 6.45) is 1.01. The fraction of sp³-hybridized carbons (Fsp3) is 0.846. The van der Waals surface area contributed by atoms with Crippen LogP contribution in [0.3, 0.4) is 0 Å². The van der Waals surface area contributed by atoms with E-state index in [1.165, 1.54) is 0 Å². The average molecular weight is 241 g/mol. The van der Waals surface area contributed by atoms with Gasteiger partial charge in [-0.3, -0.25) is 9.59 Å². The number of piperidine rings is 1. The highest BCUT2D eigenvalue weighted by atomic mass is 16.6. The molecule has 0 aliphatic carbocycles. The van der Waals surface area contributed by atoms with E-state index < -0.39 is 5.60 Å². The Kier molecular flexibility index (Phi) is 4.69. The van der Waals surface area contributed by atoms with Crippen molar-refractivity contribution in [2.45, 2.75) is 46.1 Å². The fourth-order valence-electron chi connectivity index (χ4n) is 1.94. The van der Waals surface area contributed by atoms with E-state index in [0.29, 0.717) is 25.2 Å². The van der Waals surface area contributed by atoms with Crippen LogP contribution in [0.15, 0.2) is 0 Å². The lowest BCUT2D eigenvalue weighted by molar-refractivity contribution is -0.155. The quantitative estimate of drug-likeness (QED) is 0.705. The van der Waals surface area contributed by atoms with Crippen molar-refractivity contribution < 1.29 is 14.3 Å². The van der Waals surface area contributed by atoms with Crippen molar-refractivity contribution in [1.29, 1.82) is 0 Å². The molecule has 0 amide bonds. The molecule has 0 bridgehead atoms. The first-order valence-corrected chi connectivity index (χ1v) is 6.25. The van der Waals surface area contributed by atoms with Crippen molar-refractivity contribution in [3.8, 4) is 0 Å². The first-order chi connectivity index (χ1) is 7.78. The van der Waals surface area contributed by atoms with Gasteiger partial charge in [0.1, 0.15) is 11.4 Å². The zero-order chi connectivity index (χ0) is 13.1. The Morgan fingerprint density at radius 2 is 2.12 bits per heavy atom. The number of carbonyl (C=O) groups excluding carboxylic acids is 2. The Bertz CT molecular complexity index is 294. The number of esters is 1. The summed E-state index contributed by atoms with van der Waals surface area (Å²) in [6.45, 7) is 9.77. The van der Waals surface area contributed by atoms with E-state index in [-0.39, 0.29) is 11.9 Å². The molecular formula is C13H23NO3. The van der Waals surface area contributed by atoms with Gasteiger partial charge < -0.3 is 9.64 Å². The van der Waals surface area contributed by atoms with Gasteiger partial charge in [0.2, 0.25) is 0 Å². The van der Waals surface area contributed by atoms with Gasteiger partial charge in [-0.05, 0) is 20.8 Å². The van der Waals surface area contributed by atoms with Gasteiger partial charge in [0.05, 0.1) is 6.42 Å². The van der Waals surface area contributed by atoms with Crippen LogP contribution in [0.4, 0.5) is 0 Å². The molecule has 0 saturated carbocycles. The van der Waals surface area contributed by atoms with Crippen molar-refractivity contribution in [3.63, 3.8) is 0 Å². The molecule has 0 aromatic carbocycles. The summed E-state index contributed by atoms with van der Waals surface area (Å²) in [4.78, 5) is 25.0. The Balaban J connectivity index is 2.27. The normalized spacial score (nSPS) is 22.6. The zero-order valence-electron chi connectivity index (χ0n) is 11.3. The minimum absolute atomic E-state index is 0.0994. The van der Waals surface area contributed by atoms with Crippen molar-refractivity contribution in [2.24, 2.45) is 5.92 Å². The summed E-state index contributed by atoms with van der Waals surface area (Å²) in [6, 6.07) is 0. The number of Topliss-reactive ketones (excluding diaryl/α,β-unsaturated/α-hetero) is 1. The van der Waals surface area contributed by atoms with E-state index in [1.807, 2.05) is 27.7 Å². The molecule has 4 nitrogen and oxygen atoms in total.